The Bertz CT molecular complexity index is 511. The summed E-state index contributed by atoms with van der Waals surface area (Å²) < 4.78 is 10.0. The van der Waals surface area contributed by atoms with Gasteiger partial charge < -0.3 is 14.8 Å². The molecule has 1 heterocycles. The lowest BCUT2D eigenvalue weighted by Gasteiger charge is -2.08. The number of hydrogen-bond donors (Lipinski definition) is 1. The van der Waals surface area contributed by atoms with Crippen LogP contribution in [-0.4, -0.2) is 36.6 Å². The van der Waals surface area contributed by atoms with Crippen LogP contribution in [0.15, 0.2) is 18.3 Å². The number of aromatic nitrogens is 1. The zero-order valence-electron chi connectivity index (χ0n) is 11.1. The first-order chi connectivity index (χ1) is 9.69. The van der Waals surface area contributed by atoms with E-state index in [1.807, 2.05) is 6.07 Å². The van der Waals surface area contributed by atoms with Gasteiger partial charge in [-0.2, -0.15) is 5.26 Å². The lowest BCUT2D eigenvalue weighted by atomic mass is 10.3. The van der Waals surface area contributed by atoms with Gasteiger partial charge in [-0.3, -0.25) is 4.79 Å². The molecule has 1 N–H and O–H groups in total. The van der Waals surface area contributed by atoms with Gasteiger partial charge in [0.2, 0.25) is 5.88 Å². The summed E-state index contributed by atoms with van der Waals surface area (Å²) in [4.78, 5) is 27.0. The Labute approximate surface area is 116 Å². The molecule has 1 aromatic heterocycles. The van der Waals surface area contributed by atoms with Gasteiger partial charge in [-0.1, -0.05) is 0 Å². The van der Waals surface area contributed by atoms with Crippen molar-refractivity contribution in [3.8, 4) is 11.9 Å². The maximum Gasteiger partial charge on any atom is 0.344 e. The van der Waals surface area contributed by atoms with Gasteiger partial charge in [-0.15, -0.1) is 0 Å². The molecular weight excluding hydrogens is 262 g/mol. The SMILES string of the molecule is CCOc1ncccc1C(=O)OCC(=O)NCCC#N. The Morgan fingerprint density at radius 3 is 3.00 bits per heavy atom. The van der Waals surface area contributed by atoms with Crippen LogP contribution in [0.3, 0.4) is 0 Å². The van der Waals surface area contributed by atoms with Gasteiger partial charge in [-0.05, 0) is 19.1 Å². The summed E-state index contributed by atoms with van der Waals surface area (Å²) in [6.45, 7) is 1.95. The molecule has 1 rings (SSSR count). The quantitative estimate of drug-likeness (QED) is 0.580. The van der Waals surface area contributed by atoms with Crippen LogP contribution in [0, 0.1) is 11.3 Å². The van der Waals surface area contributed by atoms with Crippen LogP contribution in [0.1, 0.15) is 23.7 Å². The van der Waals surface area contributed by atoms with Gasteiger partial charge in [0.15, 0.2) is 6.61 Å². The van der Waals surface area contributed by atoms with Crippen LogP contribution in [0.4, 0.5) is 0 Å². The highest BCUT2D eigenvalue weighted by Crippen LogP contribution is 2.15. The fourth-order valence-corrected chi connectivity index (χ4v) is 1.32. The average molecular weight is 277 g/mol. The van der Waals surface area contributed by atoms with Gasteiger partial charge >= 0.3 is 5.97 Å². The molecule has 106 valence electrons. The van der Waals surface area contributed by atoms with E-state index in [0.717, 1.165) is 0 Å². The number of hydrogen-bond acceptors (Lipinski definition) is 6. The summed E-state index contributed by atoms with van der Waals surface area (Å²) >= 11 is 0. The fourth-order valence-electron chi connectivity index (χ4n) is 1.32. The molecule has 0 aromatic carbocycles. The second-order valence-corrected chi connectivity index (χ2v) is 3.62. The zero-order valence-corrected chi connectivity index (χ0v) is 11.1. The van der Waals surface area contributed by atoms with Gasteiger partial charge in [0.25, 0.3) is 5.91 Å². The van der Waals surface area contributed by atoms with Crippen molar-refractivity contribution >= 4 is 11.9 Å². The fraction of sp³-hybridized carbons (Fsp3) is 0.385. The van der Waals surface area contributed by atoms with E-state index in [1.54, 1.807) is 13.0 Å². The van der Waals surface area contributed by atoms with E-state index in [0.29, 0.717) is 6.61 Å². The van der Waals surface area contributed by atoms with Crippen LogP contribution in [0.2, 0.25) is 0 Å². The molecule has 0 unspecified atom stereocenters. The molecule has 20 heavy (non-hydrogen) atoms. The Morgan fingerprint density at radius 1 is 1.50 bits per heavy atom. The number of carbonyl (C=O) groups excluding carboxylic acids is 2. The highest BCUT2D eigenvalue weighted by Gasteiger charge is 2.16. The lowest BCUT2D eigenvalue weighted by molar-refractivity contribution is -0.124. The Morgan fingerprint density at radius 2 is 2.30 bits per heavy atom. The molecule has 1 aromatic rings. The predicted octanol–water partition coefficient (Wildman–Crippen LogP) is 0.667. The summed E-state index contributed by atoms with van der Waals surface area (Å²) in [7, 11) is 0. The molecule has 0 aliphatic carbocycles. The number of amides is 1. The van der Waals surface area contributed by atoms with E-state index in [-0.39, 0.29) is 24.4 Å². The second-order valence-electron chi connectivity index (χ2n) is 3.62. The first-order valence-corrected chi connectivity index (χ1v) is 6.07. The molecule has 0 fully saturated rings. The number of ether oxygens (including phenoxy) is 2. The van der Waals surface area contributed by atoms with Crippen molar-refractivity contribution in [2.24, 2.45) is 0 Å². The van der Waals surface area contributed by atoms with E-state index in [1.165, 1.54) is 12.3 Å². The van der Waals surface area contributed by atoms with Crippen molar-refractivity contribution in [3.05, 3.63) is 23.9 Å². The second kappa shape index (κ2) is 8.48. The maximum absolute atomic E-state index is 11.8. The third-order valence-corrected chi connectivity index (χ3v) is 2.17. The monoisotopic (exact) mass is 277 g/mol. The molecule has 0 atom stereocenters. The van der Waals surface area contributed by atoms with Crippen molar-refractivity contribution in [1.29, 1.82) is 5.26 Å². The minimum absolute atomic E-state index is 0.166. The Kier molecular flexibility index (Phi) is 6.54. The van der Waals surface area contributed by atoms with Crippen molar-refractivity contribution in [3.63, 3.8) is 0 Å². The highest BCUT2D eigenvalue weighted by molar-refractivity contribution is 5.93. The maximum atomic E-state index is 11.8. The average Bonchev–Trinajstić information content (AvgIpc) is 2.46. The van der Waals surface area contributed by atoms with Crippen molar-refractivity contribution in [1.82, 2.24) is 10.3 Å². The minimum Gasteiger partial charge on any atom is -0.477 e. The van der Waals surface area contributed by atoms with Crippen molar-refractivity contribution in [2.75, 3.05) is 19.8 Å². The van der Waals surface area contributed by atoms with E-state index in [9.17, 15) is 9.59 Å². The van der Waals surface area contributed by atoms with Crippen LogP contribution >= 0.6 is 0 Å². The number of esters is 1. The van der Waals surface area contributed by atoms with Crippen molar-refractivity contribution < 1.29 is 19.1 Å². The summed E-state index contributed by atoms with van der Waals surface area (Å²) in [5.41, 5.74) is 0.166. The number of nitrogens with one attached hydrogen (secondary N) is 1. The first kappa shape index (κ1) is 15.4. The van der Waals surface area contributed by atoms with Crippen LogP contribution < -0.4 is 10.1 Å². The minimum atomic E-state index is -0.683. The highest BCUT2D eigenvalue weighted by atomic mass is 16.5. The molecule has 7 heteroatoms. The normalized spacial score (nSPS) is 9.40. The van der Waals surface area contributed by atoms with E-state index in [2.05, 4.69) is 10.3 Å². The summed E-state index contributed by atoms with van der Waals surface area (Å²) in [5.74, 6) is -0.975. The number of pyridine rings is 1. The number of carbonyl (C=O) groups is 2. The van der Waals surface area contributed by atoms with Crippen LogP contribution in [0.5, 0.6) is 5.88 Å². The van der Waals surface area contributed by atoms with Gasteiger partial charge in [0.05, 0.1) is 19.1 Å². The molecular formula is C13H15N3O4. The Balaban J connectivity index is 2.51. The number of rotatable bonds is 7. The zero-order chi connectivity index (χ0) is 14.8. The van der Waals surface area contributed by atoms with Gasteiger partial charge in [-0.25, -0.2) is 9.78 Å². The smallest absolute Gasteiger partial charge is 0.344 e. The Hall–Kier alpha value is -2.62. The molecule has 0 radical (unpaired) electrons. The van der Waals surface area contributed by atoms with Gasteiger partial charge in [0.1, 0.15) is 5.56 Å². The summed E-state index contributed by atoms with van der Waals surface area (Å²) in [6, 6.07) is 4.97. The molecule has 0 spiro atoms. The molecule has 1 amide bonds. The lowest BCUT2D eigenvalue weighted by Crippen LogP contribution is -2.29. The standard InChI is InChI=1S/C13H15N3O4/c1-2-19-12-10(5-3-7-16-12)13(18)20-9-11(17)15-8-4-6-14/h3,5,7H,2,4,8-9H2,1H3,(H,15,17). The largest absolute Gasteiger partial charge is 0.477 e. The van der Waals surface area contributed by atoms with Crippen molar-refractivity contribution in [2.45, 2.75) is 13.3 Å². The molecule has 0 saturated carbocycles. The van der Waals surface area contributed by atoms with Gasteiger partial charge in [0, 0.05) is 12.7 Å². The number of nitriles is 1. The molecule has 0 saturated heterocycles. The summed E-state index contributed by atoms with van der Waals surface area (Å²) in [6.07, 6.45) is 1.70. The predicted molar refractivity (Wildman–Crippen MR) is 68.9 cm³/mol. The summed E-state index contributed by atoms with van der Waals surface area (Å²) in [5, 5.41) is 10.8. The molecule has 0 aliphatic rings. The third kappa shape index (κ3) is 4.94. The van der Waals surface area contributed by atoms with Crippen LogP contribution in [-0.2, 0) is 9.53 Å². The topological polar surface area (TPSA) is 101 Å². The molecule has 0 aliphatic heterocycles. The van der Waals surface area contributed by atoms with Crippen LogP contribution in [0.25, 0.3) is 0 Å². The third-order valence-electron chi connectivity index (χ3n) is 2.17. The number of nitrogens with zero attached hydrogens (tertiary/aromatic N) is 2. The molecule has 7 nitrogen and oxygen atoms in total. The van der Waals surface area contributed by atoms with E-state index >= 15 is 0 Å². The van der Waals surface area contributed by atoms with E-state index < -0.39 is 18.5 Å². The molecule has 0 bridgehead atoms. The van der Waals surface area contributed by atoms with E-state index in [4.69, 9.17) is 14.7 Å². The first-order valence-electron chi connectivity index (χ1n) is 6.07.